The van der Waals surface area contributed by atoms with Gasteiger partial charge in [0.15, 0.2) is 0 Å². The fourth-order valence-corrected chi connectivity index (χ4v) is 4.86. The van der Waals surface area contributed by atoms with Crippen LogP contribution in [-0.2, 0) is 16.4 Å². The Labute approximate surface area is 135 Å². The summed E-state index contributed by atoms with van der Waals surface area (Å²) in [4.78, 5) is 4.20. The van der Waals surface area contributed by atoms with Gasteiger partial charge in [-0.3, -0.25) is 0 Å². The second-order valence-corrected chi connectivity index (χ2v) is 8.93. The van der Waals surface area contributed by atoms with Crippen molar-refractivity contribution in [1.82, 2.24) is 13.7 Å². The molecule has 2 unspecified atom stereocenters. The van der Waals surface area contributed by atoms with Crippen LogP contribution in [0.3, 0.4) is 0 Å². The number of allylic oxidation sites excluding steroid dienone is 1. The molecule has 0 aromatic carbocycles. The van der Waals surface area contributed by atoms with Gasteiger partial charge in [0.25, 0.3) is 0 Å². The van der Waals surface area contributed by atoms with E-state index in [0.717, 1.165) is 49.2 Å². The minimum Gasteiger partial charge on any atom is -0.393 e. The van der Waals surface area contributed by atoms with Crippen LogP contribution in [0.1, 0.15) is 43.5 Å². The van der Waals surface area contributed by atoms with Crippen LogP contribution < -0.4 is 4.72 Å². The Morgan fingerprint density at radius 1 is 1.41 bits per heavy atom. The van der Waals surface area contributed by atoms with E-state index in [9.17, 15) is 13.5 Å². The van der Waals surface area contributed by atoms with Crippen molar-refractivity contribution in [2.45, 2.75) is 49.9 Å². The standard InChI is InChI=1S/C14H21N3O3S2/c1-22(19,20)17-9-15-13-7-10(5-6-14(13)17)16-21-12-4-2-3-11(18)8-12/h7,9,11-12,16,18H,2-6,8H2,1H3. The van der Waals surface area contributed by atoms with Crippen LogP contribution in [0.5, 0.6) is 0 Å². The summed E-state index contributed by atoms with van der Waals surface area (Å²) in [5.74, 6) is 0. The van der Waals surface area contributed by atoms with Crippen LogP contribution in [0.4, 0.5) is 0 Å². The predicted octanol–water partition coefficient (Wildman–Crippen LogP) is 1.52. The highest BCUT2D eigenvalue weighted by molar-refractivity contribution is 7.98. The van der Waals surface area contributed by atoms with E-state index < -0.39 is 10.0 Å². The monoisotopic (exact) mass is 343 g/mol. The Morgan fingerprint density at radius 3 is 2.95 bits per heavy atom. The number of hydrogen-bond donors (Lipinski definition) is 2. The summed E-state index contributed by atoms with van der Waals surface area (Å²) in [6.45, 7) is 0. The van der Waals surface area contributed by atoms with Gasteiger partial charge in [-0.1, -0.05) is 0 Å². The van der Waals surface area contributed by atoms with E-state index in [2.05, 4.69) is 9.71 Å². The maximum Gasteiger partial charge on any atom is 0.237 e. The first-order chi connectivity index (χ1) is 10.4. The first kappa shape index (κ1) is 15.9. The van der Waals surface area contributed by atoms with Crippen molar-refractivity contribution in [2.24, 2.45) is 0 Å². The van der Waals surface area contributed by atoms with Crippen molar-refractivity contribution < 1.29 is 13.5 Å². The van der Waals surface area contributed by atoms with Gasteiger partial charge in [0.05, 0.1) is 23.7 Å². The van der Waals surface area contributed by atoms with Gasteiger partial charge in [-0.25, -0.2) is 17.4 Å². The summed E-state index contributed by atoms with van der Waals surface area (Å²) in [5.41, 5.74) is 2.55. The Kier molecular flexibility index (Phi) is 4.52. The number of nitrogens with one attached hydrogen (secondary N) is 1. The number of nitrogens with zero attached hydrogens (tertiary/aromatic N) is 2. The first-order valence-corrected chi connectivity index (χ1v) is 10.2. The molecule has 22 heavy (non-hydrogen) atoms. The van der Waals surface area contributed by atoms with Crippen LogP contribution >= 0.6 is 11.9 Å². The van der Waals surface area contributed by atoms with Crippen LogP contribution in [-0.4, -0.2) is 40.1 Å². The smallest absolute Gasteiger partial charge is 0.237 e. The van der Waals surface area contributed by atoms with E-state index >= 15 is 0 Å². The zero-order valence-corrected chi connectivity index (χ0v) is 14.2. The molecule has 0 bridgehead atoms. The maximum absolute atomic E-state index is 11.7. The molecule has 0 radical (unpaired) electrons. The number of hydrogen-bond acceptors (Lipinski definition) is 6. The first-order valence-electron chi connectivity index (χ1n) is 7.50. The lowest BCUT2D eigenvalue weighted by atomic mass is 9.97. The molecule has 8 heteroatoms. The van der Waals surface area contributed by atoms with Crippen molar-refractivity contribution in [3.63, 3.8) is 0 Å². The van der Waals surface area contributed by atoms with Gasteiger partial charge in [-0.2, -0.15) is 0 Å². The number of aromatic nitrogens is 2. The minimum absolute atomic E-state index is 0.176. The van der Waals surface area contributed by atoms with Crippen LogP contribution in [0.2, 0.25) is 0 Å². The van der Waals surface area contributed by atoms with Crippen molar-refractivity contribution in [2.75, 3.05) is 6.26 Å². The molecule has 1 heterocycles. The fourth-order valence-electron chi connectivity index (χ4n) is 2.97. The predicted molar refractivity (Wildman–Crippen MR) is 87.8 cm³/mol. The van der Waals surface area contributed by atoms with Crippen molar-refractivity contribution in [1.29, 1.82) is 0 Å². The molecule has 0 spiro atoms. The summed E-state index contributed by atoms with van der Waals surface area (Å²) in [6.07, 6.45) is 9.69. The normalized spacial score (nSPS) is 25.5. The molecule has 2 aliphatic carbocycles. The quantitative estimate of drug-likeness (QED) is 0.807. The van der Waals surface area contributed by atoms with E-state index in [1.165, 1.54) is 16.6 Å². The van der Waals surface area contributed by atoms with Gasteiger partial charge in [-0.05, 0) is 56.5 Å². The topological polar surface area (TPSA) is 84.2 Å². The van der Waals surface area contributed by atoms with E-state index in [-0.39, 0.29) is 6.10 Å². The van der Waals surface area contributed by atoms with Crippen LogP contribution in [0.25, 0.3) is 6.08 Å². The molecule has 122 valence electrons. The lowest BCUT2D eigenvalue weighted by Crippen LogP contribution is -2.24. The molecule has 3 rings (SSSR count). The second-order valence-electron chi connectivity index (χ2n) is 5.97. The molecule has 1 saturated carbocycles. The Morgan fingerprint density at radius 2 is 2.23 bits per heavy atom. The number of rotatable bonds is 4. The van der Waals surface area contributed by atoms with Crippen molar-refractivity contribution in [3.8, 4) is 0 Å². The van der Waals surface area contributed by atoms with E-state index in [0.29, 0.717) is 11.7 Å². The Hall–Kier alpha value is -0.990. The fraction of sp³-hybridized carbons (Fsp3) is 0.643. The molecular formula is C14H21N3O3S2. The number of imidazole rings is 1. The summed E-state index contributed by atoms with van der Waals surface area (Å²) in [5, 5.41) is 10.1. The molecule has 1 fully saturated rings. The van der Waals surface area contributed by atoms with Crippen molar-refractivity contribution in [3.05, 3.63) is 23.4 Å². The van der Waals surface area contributed by atoms with Gasteiger partial charge in [-0.15, -0.1) is 0 Å². The molecule has 0 amide bonds. The van der Waals surface area contributed by atoms with Gasteiger partial charge in [0.2, 0.25) is 10.0 Å². The number of aliphatic hydroxyl groups is 1. The highest BCUT2D eigenvalue weighted by Crippen LogP contribution is 2.29. The average Bonchev–Trinajstić information content (AvgIpc) is 2.88. The molecule has 1 aromatic rings. The van der Waals surface area contributed by atoms with Crippen molar-refractivity contribution >= 4 is 28.0 Å². The molecule has 2 aliphatic rings. The highest BCUT2D eigenvalue weighted by Gasteiger charge is 2.23. The van der Waals surface area contributed by atoms with Gasteiger partial charge in [0.1, 0.15) is 6.33 Å². The number of aliphatic hydroxyl groups excluding tert-OH is 1. The van der Waals surface area contributed by atoms with E-state index in [4.69, 9.17) is 0 Å². The van der Waals surface area contributed by atoms with Gasteiger partial charge < -0.3 is 9.83 Å². The lowest BCUT2D eigenvalue weighted by molar-refractivity contribution is 0.133. The minimum atomic E-state index is -3.28. The third kappa shape index (κ3) is 3.49. The Balaban J connectivity index is 1.66. The highest BCUT2D eigenvalue weighted by atomic mass is 32.2. The van der Waals surface area contributed by atoms with E-state index in [1.807, 2.05) is 6.08 Å². The van der Waals surface area contributed by atoms with Crippen LogP contribution in [0, 0.1) is 0 Å². The summed E-state index contributed by atoms with van der Waals surface area (Å²) in [7, 11) is -3.28. The molecule has 2 atom stereocenters. The number of fused-ring (bicyclic) bond motifs is 1. The molecule has 0 aliphatic heterocycles. The molecular weight excluding hydrogens is 322 g/mol. The summed E-state index contributed by atoms with van der Waals surface area (Å²) in [6, 6.07) is 0. The third-order valence-corrected chi connectivity index (χ3v) is 6.29. The SMILES string of the molecule is CS(=O)(=O)n1cnc2c1CCC(NSC1CCCC(O)C1)=C2. The molecule has 6 nitrogen and oxygen atoms in total. The average molecular weight is 343 g/mol. The maximum atomic E-state index is 11.7. The Bertz CT molecular complexity index is 682. The second kappa shape index (κ2) is 6.25. The molecule has 0 saturated heterocycles. The lowest BCUT2D eigenvalue weighted by Gasteiger charge is -2.26. The summed E-state index contributed by atoms with van der Waals surface area (Å²) < 4.78 is 28.0. The van der Waals surface area contributed by atoms with E-state index in [1.54, 1.807) is 11.9 Å². The summed E-state index contributed by atoms with van der Waals surface area (Å²) >= 11 is 1.66. The molecule has 1 aromatic heterocycles. The van der Waals surface area contributed by atoms with Gasteiger partial charge >= 0.3 is 0 Å². The third-order valence-electron chi connectivity index (χ3n) is 4.12. The van der Waals surface area contributed by atoms with Crippen LogP contribution in [0.15, 0.2) is 12.0 Å². The zero-order chi connectivity index (χ0) is 15.7. The molecule has 2 N–H and O–H groups in total. The largest absolute Gasteiger partial charge is 0.393 e. The van der Waals surface area contributed by atoms with Gasteiger partial charge in [0, 0.05) is 10.9 Å². The zero-order valence-electron chi connectivity index (χ0n) is 12.5.